The van der Waals surface area contributed by atoms with Gasteiger partial charge >= 0.3 is 6.18 Å². The summed E-state index contributed by atoms with van der Waals surface area (Å²) in [5.74, 6) is 0.504. The molecular formula is C19H18F3N3O3S. The first-order chi connectivity index (χ1) is 13.6. The molecule has 0 aliphatic heterocycles. The summed E-state index contributed by atoms with van der Waals surface area (Å²) >= 11 is 0. The van der Waals surface area contributed by atoms with Gasteiger partial charge in [-0.3, -0.25) is 4.68 Å². The Hall–Kier alpha value is -2.85. The van der Waals surface area contributed by atoms with Gasteiger partial charge in [-0.15, -0.1) is 0 Å². The minimum atomic E-state index is -4.64. The normalized spacial score (nSPS) is 12.2. The van der Waals surface area contributed by atoms with Crippen LogP contribution in [0.5, 0.6) is 5.75 Å². The van der Waals surface area contributed by atoms with Crippen LogP contribution >= 0.6 is 0 Å². The van der Waals surface area contributed by atoms with Gasteiger partial charge in [0.1, 0.15) is 11.4 Å². The Morgan fingerprint density at radius 3 is 2.03 bits per heavy atom. The van der Waals surface area contributed by atoms with Gasteiger partial charge in [-0.1, -0.05) is 24.3 Å². The summed E-state index contributed by atoms with van der Waals surface area (Å²) in [4.78, 5) is -0.141. The number of halogens is 3. The SMILES string of the molecule is CCn1nc(-c2ccc(S(N)(=O)=O)cc2)c(-c2ccc(OC)cc2)c1C(F)(F)F. The second kappa shape index (κ2) is 7.53. The average Bonchev–Trinajstić information content (AvgIpc) is 3.07. The van der Waals surface area contributed by atoms with Crippen molar-refractivity contribution < 1.29 is 26.3 Å². The van der Waals surface area contributed by atoms with E-state index in [-0.39, 0.29) is 22.7 Å². The van der Waals surface area contributed by atoms with E-state index in [1.807, 2.05) is 0 Å². The van der Waals surface area contributed by atoms with Crippen LogP contribution in [0.25, 0.3) is 22.4 Å². The summed E-state index contributed by atoms with van der Waals surface area (Å²) in [6.07, 6.45) is -4.64. The zero-order valence-corrected chi connectivity index (χ0v) is 16.4. The minimum Gasteiger partial charge on any atom is -0.497 e. The molecule has 0 amide bonds. The third-order valence-electron chi connectivity index (χ3n) is 4.36. The fourth-order valence-electron chi connectivity index (χ4n) is 3.01. The first-order valence-electron chi connectivity index (χ1n) is 8.52. The number of sulfonamides is 1. The van der Waals surface area contributed by atoms with Crippen molar-refractivity contribution in [2.45, 2.75) is 24.5 Å². The molecule has 0 saturated heterocycles. The Labute approximate surface area is 165 Å². The van der Waals surface area contributed by atoms with Crippen molar-refractivity contribution >= 4 is 10.0 Å². The van der Waals surface area contributed by atoms with E-state index < -0.39 is 21.9 Å². The molecule has 10 heteroatoms. The smallest absolute Gasteiger partial charge is 0.433 e. The van der Waals surface area contributed by atoms with Gasteiger partial charge in [0, 0.05) is 17.7 Å². The van der Waals surface area contributed by atoms with E-state index in [0.717, 1.165) is 4.68 Å². The van der Waals surface area contributed by atoms with Crippen molar-refractivity contribution in [2.24, 2.45) is 5.14 Å². The van der Waals surface area contributed by atoms with Crippen molar-refractivity contribution in [1.29, 1.82) is 0 Å². The molecule has 0 aliphatic carbocycles. The molecule has 0 saturated carbocycles. The zero-order valence-electron chi connectivity index (χ0n) is 15.6. The van der Waals surface area contributed by atoms with Crippen LogP contribution in [0.3, 0.4) is 0 Å². The molecule has 0 radical (unpaired) electrons. The summed E-state index contributed by atoms with van der Waals surface area (Å²) in [7, 11) is -2.46. The average molecular weight is 425 g/mol. The van der Waals surface area contributed by atoms with Crippen LogP contribution in [0.4, 0.5) is 13.2 Å². The molecule has 0 atom stereocenters. The Balaban J connectivity index is 2.27. The Morgan fingerprint density at radius 1 is 1.03 bits per heavy atom. The molecule has 0 bridgehead atoms. The van der Waals surface area contributed by atoms with Crippen LogP contribution in [-0.2, 0) is 22.7 Å². The molecule has 6 nitrogen and oxygen atoms in total. The lowest BCUT2D eigenvalue weighted by Crippen LogP contribution is -2.14. The molecule has 0 unspecified atom stereocenters. The molecule has 0 aliphatic rings. The number of alkyl halides is 3. The molecule has 0 spiro atoms. The first-order valence-corrected chi connectivity index (χ1v) is 10.1. The first kappa shape index (κ1) is 20.9. The fraction of sp³-hybridized carbons (Fsp3) is 0.211. The number of aromatic nitrogens is 2. The molecule has 1 heterocycles. The van der Waals surface area contributed by atoms with Gasteiger partial charge in [0.25, 0.3) is 0 Å². The van der Waals surface area contributed by atoms with Gasteiger partial charge in [0.05, 0.1) is 12.0 Å². The van der Waals surface area contributed by atoms with E-state index in [1.165, 1.54) is 43.5 Å². The summed E-state index contributed by atoms with van der Waals surface area (Å²) in [5, 5.41) is 9.25. The van der Waals surface area contributed by atoms with Gasteiger partial charge in [0.2, 0.25) is 10.0 Å². The Kier molecular flexibility index (Phi) is 5.42. The Morgan fingerprint density at radius 2 is 1.59 bits per heavy atom. The molecule has 1 aromatic heterocycles. The summed E-state index contributed by atoms with van der Waals surface area (Å²) in [6, 6.07) is 11.4. The lowest BCUT2D eigenvalue weighted by Gasteiger charge is -2.12. The number of aryl methyl sites for hydroxylation is 1. The maximum Gasteiger partial charge on any atom is 0.433 e. The molecule has 0 fully saturated rings. The van der Waals surface area contributed by atoms with Crippen molar-refractivity contribution in [3.63, 3.8) is 0 Å². The third kappa shape index (κ3) is 4.13. The summed E-state index contributed by atoms with van der Waals surface area (Å²) in [5.41, 5.74) is -0.240. The van der Waals surface area contributed by atoms with E-state index >= 15 is 0 Å². The number of benzene rings is 2. The van der Waals surface area contributed by atoms with Crippen molar-refractivity contribution in [2.75, 3.05) is 7.11 Å². The van der Waals surface area contributed by atoms with E-state index in [1.54, 1.807) is 19.1 Å². The molecular weight excluding hydrogens is 407 g/mol. The predicted octanol–water partition coefficient (Wildman–Crippen LogP) is 3.91. The minimum absolute atomic E-state index is 0.00720. The number of hydrogen-bond donors (Lipinski definition) is 1. The highest BCUT2D eigenvalue weighted by Crippen LogP contribution is 2.43. The second-order valence-electron chi connectivity index (χ2n) is 6.18. The number of methoxy groups -OCH3 is 1. The van der Waals surface area contributed by atoms with E-state index in [0.29, 0.717) is 16.9 Å². The highest BCUT2D eigenvalue weighted by atomic mass is 32.2. The van der Waals surface area contributed by atoms with Gasteiger partial charge < -0.3 is 4.74 Å². The van der Waals surface area contributed by atoms with Gasteiger partial charge in [-0.25, -0.2) is 13.6 Å². The molecule has 154 valence electrons. The van der Waals surface area contributed by atoms with Gasteiger partial charge in [-0.05, 0) is 36.8 Å². The van der Waals surface area contributed by atoms with Crippen LogP contribution < -0.4 is 9.88 Å². The van der Waals surface area contributed by atoms with Crippen LogP contribution in [0.2, 0.25) is 0 Å². The second-order valence-corrected chi connectivity index (χ2v) is 7.75. The largest absolute Gasteiger partial charge is 0.497 e. The number of hydrogen-bond acceptors (Lipinski definition) is 4. The summed E-state index contributed by atoms with van der Waals surface area (Å²) in [6.45, 7) is 1.57. The highest BCUT2D eigenvalue weighted by Gasteiger charge is 2.40. The zero-order chi connectivity index (χ0) is 21.4. The molecule has 3 rings (SSSR count). The number of ether oxygens (including phenoxy) is 1. The lowest BCUT2D eigenvalue weighted by atomic mass is 9.98. The number of primary sulfonamides is 1. The monoisotopic (exact) mass is 425 g/mol. The summed E-state index contributed by atoms with van der Waals surface area (Å²) < 4.78 is 70.6. The third-order valence-corrected chi connectivity index (χ3v) is 5.28. The van der Waals surface area contributed by atoms with E-state index in [9.17, 15) is 21.6 Å². The van der Waals surface area contributed by atoms with Crippen LogP contribution in [-0.4, -0.2) is 25.3 Å². The molecule has 2 aromatic carbocycles. The van der Waals surface area contributed by atoms with Crippen molar-refractivity contribution in [3.05, 3.63) is 54.2 Å². The standard InChI is InChI=1S/C19H18F3N3O3S/c1-3-25-18(19(20,21)22)16(12-4-8-14(28-2)9-5-12)17(24-25)13-6-10-15(11-7-13)29(23,26)27/h4-11H,3H2,1-2H3,(H2,23,26,27). The van der Waals surface area contributed by atoms with Gasteiger partial charge in [-0.2, -0.15) is 18.3 Å². The maximum absolute atomic E-state index is 13.9. The predicted molar refractivity (Wildman–Crippen MR) is 102 cm³/mol. The number of rotatable bonds is 5. The van der Waals surface area contributed by atoms with E-state index in [2.05, 4.69) is 5.10 Å². The topological polar surface area (TPSA) is 87.2 Å². The van der Waals surface area contributed by atoms with Crippen molar-refractivity contribution in [3.8, 4) is 28.1 Å². The molecule has 29 heavy (non-hydrogen) atoms. The van der Waals surface area contributed by atoms with Crippen LogP contribution in [0.15, 0.2) is 53.4 Å². The molecule has 2 N–H and O–H groups in total. The van der Waals surface area contributed by atoms with Crippen LogP contribution in [0, 0.1) is 0 Å². The maximum atomic E-state index is 13.9. The van der Waals surface area contributed by atoms with Crippen molar-refractivity contribution in [1.82, 2.24) is 9.78 Å². The van der Waals surface area contributed by atoms with E-state index in [4.69, 9.17) is 9.88 Å². The fourth-order valence-corrected chi connectivity index (χ4v) is 3.53. The lowest BCUT2D eigenvalue weighted by molar-refractivity contribution is -0.143. The Bertz CT molecular complexity index is 1120. The number of nitrogens with zero attached hydrogens (tertiary/aromatic N) is 2. The molecule has 3 aromatic rings. The van der Waals surface area contributed by atoms with Gasteiger partial charge in [0.15, 0.2) is 5.69 Å². The van der Waals surface area contributed by atoms with Crippen LogP contribution in [0.1, 0.15) is 12.6 Å². The quantitative estimate of drug-likeness (QED) is 0.671. The highest BCUT2D eigenvalue weighted by molar-refractivity contribution is 7.89. The number of nitrogens with two attached hydrogens (primary N) is 1.